The zero-order valence-electron chi connectivity index (χ0n) is 14.1. The van der Waals surface area contributed by atoms with Crippen molar-refractivity contribution in [1.82, 2.24) is 10.2 Å². The van der Waals surface area contributed by atoms with Gasteiger partial charge in [-0.3, -0.25) is 4.79 Å². The van der Waals surface area contributed by atoms with Crippen molar-refractivity contribution in [3.8, 4) is 0 Å². The van der Waals surface area contributed by atoms with Crippen LogP contribution in [0.4, 0.5) is 0 Å². The van der Waals surface area contributed by atoms with Crippen LogP contribution in [0.5, 0.6) is 0 Å². The number of nitrogens with one attached hydrogen (secondary N) is 1. The van der Waals surface area contributed by atoms with Crippen molar-refractivity contribution < 1.29 is 9.53 Å². The molecule has 0 saturated carbocycles. The molecule has 0 aromatic heterocycles. The normalized spacial score (nSPS) is 23.9. The molecule has 1 rings (SSSR count). The second-order valence-corrected chi connectivity index (χ2v) is 7.09. The van der Waals surface area contributed by atoms with Gasteiger partial charge in [0.2, 0.25) is 0 Å². The fourth-order valence-electron chi connectivity index (χ4n) is 3.14. The van der Waals surface area contributed by atoms with E-state index in [1.54, 1.807) is 0 Å². The molecule has 2 unspecified atom stereocenters. The van der Waals surface area contributed by atoms with Gasteiger partial charge in [0.25, 0.3) is 0 Å². The number of hydrogen-bond acceptors (Lipinski definition) is 4. The minimum Gasteiger partial charge on any atom is -0.465 e. The maximum Gasteiger partial charge on any atom is 0.326 e. The van der Waals surface area contributed by atoms with Crippen LogP contribution in [0.1, 0.15) is 53.9 Å². The Balaban J connectivity index is 2.67. The molecule has 1 heterocycles. The average Bonchev–Trinajstić information content (AvgIpc) is 2.37. The molecule has 1 N–H and O–H groups in total. The number of piperidine rings is 1. The van der Waals surface area contributed by atoms with Gasteiger partial charge in [-0.25, -0.2) is 0 Å². The SMILES string of the molecule is CCOC(=O)C(C)(CC(C)N1CCCC(C)(C)C1)NC. The van der Waals surface area contributed by atoms with Gasteiger partial charge in [0.05, 0.1) is 6.61 Å². The summed E-state index contributed by atoms with van der Waals surface area (Å²) in [5.41, 5.74) is -0.219. The smallest absolute Gasteiger partial charge is 0.326 e. The molecule has 0 bridgehead atoms. The molecule has 0 aliphatic carbocycles. The van der Waals surface area contributed by atoms with Gasteiger partial charge in [0.1, 0.15) is 5.54 Å². The second kappa shape index (κ2) is 6.90. The third-order valence-electron chi connectivity index (χ3n) is 4.53. The number of hydrogen-bond donors (Lipinski definition) is 1. The first kappa shape index (κ1) is 17.4. The monoisotopic (exact) mass is 284 g/mol. The lowest BCUT2D eigenvalue weighted by molar-refractivity contribution is -0.151. The van der Waals surface area contributed by atoms with E-state index in [2.05, 4.69) is 31.0 Å². The van der Waals surface area contributed by atoms with Crippen LogP contribution < -0.4 is 5.32 Å². The predicted molar refractivity (Wildman–Crippen MR) is 82.8 cm³/mol. The summed E-state index contributed by atoms with van der Waals surface area (Å²) in [6.45, 7) is 13.3. The lowest BCUT2D eigenvalue weighted by Gasteiger charge is -2.43. The van der Waals surface area contributed by atoms with E-state index in [0.717, 1.165) is 19.5 Å². The van der Waals surface area contributed by atoms with E-state index in [1.165, 1.54) is 12.8 Å². The quantitative estimate of drug-likeness (QED) is 0.761. The average molecular weight is 284 g/mol. The fraction of sp³-hybridized carbons (Fsp3) is 0.938. The highest BCUT2D eigenvalue weighted by Gasteiger charge is 2.37. The molecule has 0 amide bonds. The van der Waals surface area contributed by atoms with Crippen LogP contribution >= 0.6 is 0 Å². The first-order valence-electron chi connectivity index (χ1n) is 7.84. The number of ether oxygens (including phenoxy) is 1. The predicted octanol–water partition coefficient (Wildman–Crippen LogP) is 2.43. The summed E-state index contributed by atoms with van der Waals surface area (Å²) >= 11 is 0. The lowest BCUT2D eigenvalue weighted by Crippen LogP contribution is -2.54. The topological polar surface area (TPSA) is 41.6 Å². The van der Waals surface area contributed by atoms with Gasteiger partial charge in [-0.05, 0) is 59.0 Å². The molecule has 20 heavy (non-hydrogen) atoms. The van der Waals surface area contributed by atoms with Crippen molar-refractivity contribution in [1.29, 1.82) is 0 Å². The summed E-state index contributed by atoms with van der Waals surface area (Å²) in [5, 5.41) is 3.15. The summed E-state index contributed by atoms with van der Waals surface area (Å²) < 4.78 is 5.21. The van der Waals surface area contributed by atoms with E-state index >= 15 is 0 Å². The molecule has 4 nitrogen and oxygen atoms in total. The molecule has 2 atom stereocenters. The van der Waals surface area contributed by atoms with Crippen molar-refractivity contribution in [2.24, 2.45) is 5.41 Å². The van der Waals surface area contributed by atoms with Crippen LogP contribution in [-0.4, -0.2) is 49.2 Å². The van der Waals surface area contributed by atoms with Gasteiger partial charge in [-0.2, -0.15) is 0 Å². The van der Waals surface area contributed by atoms with E-state index in [1.807, 2.05) is 20.9 Å². The third kappa shape index (κ3) is 4.45. The number of nitrogens with zero attached hydrogens (tertiary/aromatic N) is 1. The highest BCUT2D eigenvalue weighted by atomic mass is 16.5. The highest BCUT2D eigenvalue weighted by molar-refractivity contribution is 5.80. The van der Waals surface area contributed by atoms with Crippen LogP contribution in [0.2, 0.25) is 0 Å². The minimum atomic E-state index is -0.600. The van der Waals surface area contributed by atoms with Gasteiger partial charge >= 0.3 is 5.97 Å². The Hall–Kier alpha value is -0.610. The number of likely N-dealkylation sites (tertiary alicyclic amines) is 1. The Morgan fingerprint density at radius 1 is 1.50 bits per heavy atom. The van der Waals surface area contributed by atoms with E-state index in [-0.39, 0.29) is 5.97 Å². The molecule has 1 aliphatic heterocycles. The second-order valence-electron chi connectivity index (χ2n) is 7.09. The molecule has 0 radical (unpaired) electrons. The standard InChI is InChI=1S/C16H32N2O2/c1-7-20-14(19)16(5,17-6)11-13(2)18-10-8-9-15(3,4)12-18/h13,17H,7-12H2,1-6H3. The van der Waals surface area contributed by atoms with Gasteiger partial charge in [-0.1, -0.05) is 13.8 Å². The first-order chi connectivity index (χ1) is 9.24. The van der Waals surface area contributed by atoms with E-state index < -0.39 is 5.54 Å². The van der Waals surface area contributed by atoms with E-state index in [9.17, 15) is 4.79 Å². The van der Waals surface area contributed by atoms with Crippen LogP contribution in [0, 0.1) is 5.41 Å². The Kier molecular flexibility index (Phi) is 6.02. The minimum absolute atomic E-state index is 0.148. The van der Waals surface area contributed by atoms with Crippen molar-refractivity contribution in [3.05, 3.63) is 0 Å². The molecule has 1 aliphatic rings. The fourth-order valence-corrected chi connectivity index (χ4v) is 3.14. The number of likely N-dealkylation sites (N-methyl/N-ethyl adjacent to an activating group) is 1. The molecule has 1 fully saturated rings. The molecule has 1 saturated heterocycles. The van der Waals surface area contributed by atoms with Crippen molar-refractivity contribution in [3.63, 3.8) is 0 Å². The van der Waals surface area contributed by atoms with Crippen LogP contribution in [0.25, 0.3) is 0 Å². The van der Waals surface area contributed by atoms with Gasteiger partial charge < -0.3 is 15.0 Å². The zero-order chi connectivity index (χ0) is 15.4. The summed E-state index contributed by atoms with van der Waals surface area (Å²) in [6, 6.07) is 0.372. The molecule has 0 aromatic carbocycles. The molecule has 0 aromatic rings. The molecule has 0 spiro atoms. The van der Waals surface area contributed by atoms with E-state index in [0.29, 0.717) is 18.1 Å². The summed E-state index contributed by atoms with van der Waals surface area (Å²) in [4.78, 5) is 14.7. The Morgan fingerprint density at radius 3 is 2.65 bits per heavy atom. The molecular formula is C16H32N2O2. The van der Waals surface area contributed by atoms with Crippen LogP contribution in [0.3, 0.4) is 0 Å². The third-order valence-corrected chi connectivity index (χ3v) is 4.53. The van der Waals surface area contributed by atoms with Crippen LogP contribution in [0.15, 0.2) is 0 Å². The maximum absolute atomic E-state index is 12.1. The molecular weight excluding hydrogens is 252 g/mol. The Labute approximate surface area is 124 Å². The van der Waals surface area contributed by atoms with Gasteiger partial charge in [0.15, 0.2) is 0 Å². The van der Waals surface area contributed by atoms with Crippen molar-refractivity contribution >= 4 is 5.97 Å². The Bertz CT molecular complexity index is 330. The van der Waals surface area contributed by atoms with Gasteiger partial charge in [-0.15, -0.1) is 0 Å². The number of carbonyl (C=O) groups excluding carboxylic acids is 1. The largest absolute Gasteiger partial charge is 0.465 e. The number of rotatable bonds is 6. The molecule has 4 heteroatoms. The zero-order valence-corrected chi connectivity index (χ0v) is 14.1. The highest BCUT2D eigenvalue weighted by Crippen LogP contribution is 2.31. The van der Waals surface area contributed by atoms with Crippen LogP contribution in [-0.2, 0) is 9.53 Å². The number of carbonyl (C=O) groups is 1. The summed E-state index contributed by atoms with van der Waals surface area (Å²) in [7, 11) is 1.84. The van der Waals surface area contributed by atoms with Crippen molar-refractivity contribution in [2.75, 3.05) is 26.7 Å². The molecule has 118 valence electrons. The summed E-state index contributed by atoms with van der Waals surface area (Å²) in [6.07, 6.45) is 3.31. The Morgan fingerprint density at radius 2 is 2.15 bits per heavy atom. The first-order valence-corrected chi connectivity index (χ1v) is 7.84. The van der Waals surface area contributed by atoms with Gasteiger partial charge in [0, 0.05) is 12.6 Å². The maximum atomic E-state index is 12.1. The summed E-state index contributed by atoms with van der Waals surface area (Å²) in [5.74, 6) is -0.148. The van der Waals surface area contributed by atoms with E-state index in [4.69, 9.17) is 4.74 Å². The van der Waals surface area contributed by atoms with Crippen molar-refractivity contribution in [2.45, 2.75) is 65.5 Å². The number of esters is 1. The lowest BCUT2D eigenvalue weighted by atomic mass is 9.82.